The second-order valence-electron chi connectivity index (χ2n) is 3.52. The Kier molecular flexibility index (Phi) is 6.28. The number of amides is 1. The molecule has 17 heavy (non-hydrogen) atoms. The number of nitrogen functional groups attached to an aromatic ring is 1. The molecule has 0 saturated carbocycles. The number of hydrogen-bond donors (Lipinski definition) is 1. The third-order valence-electron chi connectivity index (χ3n) is 2.26. The summed E-state index contributed by atoms with van der Waals surface area (Å²) >= 11 is 2.71. The first kappa shape index (κ1) is 14.2. The molecule has 2 N–H and O–H groups in total. The smallest absolute Gasteiger partial charge is 0.233 e. The lowest BCUT2D eigenvalue weighted by atomic mass is 10.3. The molecule has 0 bridgehead atoms. The summed E-state index contributed by atoms with van der Waals surface area (Å²) in [6.07, 6.45) is 2.15. The molecule has 0 spiro atoms. The minimum Gasteiger partial charge on any atom is -0.374 e. The predicted octanol–water partition coefficient (Wildman–Crippen LogP) is 1.86. The van der Waals surface area contributed by atoms with E-state index in [1.54, 1.807) is 0 Å². The standard InChI is InChI=1S/C10H18N4OS2/c1-3-5-6-14(4-2)8(15)7-16-10-13-12-9(11)17-10/h3-7H2,1-2H3,(H2,11,12). The maximum atomic E-state index is 11.9. The summed E-state index contributed by atoms with van der Waals surface area (Å²) in [5.41, 5.74) is 5.47. The maximum absolute atomic E-state index is 11.9. The van der Waals surface area contributed by atoms with E-state index >= 15 is 0 Å². The van der Waals surface area contributed by atoms with E-state index < -0.39 is 0 Å². The van der Waals surface area contributed by atoms with E-state index in [4.69, 9.17) is 5.73 Å². The monoisotopic (exact) mass is 274 g/mol. The number of hydrogen-bond acceptors (Lipinski definition) is 6. The number of thioether (sulfide) groups is 1. The topological polar surface area (TPSA) is 72.1 Å². The van der Waals surface area contributed by atoms with Crippen LogP contribution < -0.4 is 5.73 Å². The summed E-state index contributed by atoms with van der Waals surface area (Å²) in [6, 6.07) is 0. The van der Waals surface area contributed by atoms with Crippen molar-refractivity contribution in [2.45, 2.75) is 31.0 Å². The highest BCUT2D eigenvalue weighted by molar-refractivity contribution is 8.01. The van der Waals surface area contributed by atoms with Crippen molar-refractivity contribution in [3.8, 4) is 0 Å². The Morgan fingerprint density at radius 3 is 2.76 bits per heavy atom. The summed E-state index contributed by atoms with van der Waals surface area (Å²) in [6.45, 7) is 5.72. The third kappa shape index (κ3) is 4.91. The van der Waals surface area contributed by atoms with Crippen LogP contribution in [0.4, 0.5) is 5.13 Å². The van der Waals surface area contributed by atoms with Crippen molar-refractivity contribution in [1.82, 2.24) is 15.1 Å². The average molecular weight is 274 g/mol. The van der Waals surface area contributed by atoms with Crippen LogP contribution in [0.2, 0.25) is 0 Å². The molecule has 0 fully saturated rings. The van der Waals surface area contributed by atoms with Crippen molar-refractivity contribution in [3.05, 3.63) is 0 Å². The molecule has 0 aliphatic heterocycles. The van der Waals surface area contributed by atoms with Gasteiger partial charge in [0.05, 0.1) is 5.75 Å². The highest BCUT2D eigenvalue weighted by Crippen LogP contribution is 2.23. The van der Waals surface area contributed by atoms with Gasteiger partial charge in [0.25, 0.3) is 0 Å². The first-order valence-corrected chi connectivity index (χ1v) is 7.47. The van der Waals surface area contributed by atoms with Gasteiger partial charge in [-0.05, 0) is 13.3 Å². The fourth-order valence-corrected chi connectivity index (χ4v) is 2.84. The summed E-state index contributed by atoms with van der Waals surface area (Å²) in [7, 11) is 0. The van der Waals surface area contributed by atoms with E-state index in [1.165, 1.54) is 23.1 Å². The number of carbonyl (C=O) groups excluding carboxylic acids is 1. The first-order valence-electron chi connectivity index (χ1n) is 5.66. The molecule has 1 heterocycles. The molecule has 0 saturated heterocycles. The van der Waals surface area contributed by atoms with Gasteiger partial charge in [-0.2, -0.15) is 0 Å². The highest BCUT2D eigenvalue weighted by Gasteiger charge is 2.12. The van der Waals surface area contributed by atoms with Gasteiger partial charge < -0.3 is 10.6 Å². The highest BCUT2D eigenvalue weighted by atomic mass is 32.2. The van der Waals surface area contributed by atoms with Gasteiger partial charge in [-0.1, -0.05) is 36.4 Å². The minimum absolute atomic E-state index is 0.153. The number of anilines is 1. The summed E-state index contributed by atoms with van der Waals surface area (Å²) < 4.78 is 0.752. The Balaban J connectivity index is 2.36. The van der Waals surface area contributed by atoms with Gasteiger partial charge in [-0.3, -0.25) is 4.79 Å². The van der Waals surface area contributed by atoms with Crippen LogP contribution in [0, 0.1) is 0 Å². The first-order chi connectivity index (χ1) is 8.17. The predicted molar refractivity (Wildman–Crippen MR) is 72.2 cm³/mol. The second kappa shape index (κ2) is 7.50. The maximum Gasteiger partial charge on any atom is 0.233 e. The van der Waals surface area contributed by atoms with Crippen molar-refractivity contribution >= 4 is 34.1 Å². The lowest BCUT2D eigenvalue weighted by Crippen LogP contribution is -2.33. The summed E-state index contributed by atoms with van der Waals surface area (Å²) in [4.78, 5) is 13.8. The Bertz CT molecular complexity index is 356. The number of rotatable bonds is 7. The normalized spacial score (nSPS) is 10.5. The van der Waals surface area contributed by atoms with Crippen LogP contribution >= 0.6 is 23.1 Å². The van der Waals surface area contributed by atoms with E-state index in [0.29, 0.717) is 10.9 Å². The number of nitrogens with two attached hydrogens (primary N) is 1. The molecule has 96 valence electrons. The fourth-order valence-electron chi connectivity index (χ4n) is 1.30. The molecule has 0 aliphatic rings. The van der Waals surface area contributed by atoms with Crippen molar-refractivity contribution < 1.29 is 4.79 Å². The van der Waals surface area contributed by atoms with Crippen molar-refractivity contribution in [3.63, 3.8) is 0 Å². The van der Waals surface area contributed by atoms with Gasteiger partial charge in [0.1, 0.15) is 0 Å². The van der Waals surface area contributed by atoms with E-state index in [-0.39, 0.29) is 5.91 Å². The molecule has 1 aromatic rings. The summed E-state index contributed by atoms with van der Waals surface area (Å²) in [5.74, 6) is 0.561. The Labute approximate surface area is 110 Å². The van der Waals surface area contributed by atoms with Crippen LogP contribution in [-0.2, 0) is 4.79 Å². The van der Waals surface area contributed by atoms with Gasteiger partial charge >= 0.3 is 0 Å². The molecule has 7 heteroatoms. The molecule has 0 radical (unpaired) electrons. The van der Waals surface area contributed by atoms with E-state index in [9.17, 15) is 4.79 Å². The zero-order valence-electron chi connectivity index (χ0n) is 10.2. The zero-order valence-corrected chi connectivity index (χ0v) is 11.8. The Morgan fingerprint density at radius 1 is 1.47 bits per heavy atom. The molecule has 0 unspecified atom stereocenters. The average Bonchev–Trinajstić information content (AvgIpc) is 2.73. The largest absolute Gasteiger partial charge is 0.374 e. The molecular formula is C10H18N4OS2. The fraction of sp³-hybridized carbons (Fsp3) is 0.700. The SMILES string of the molecule is CCCCN(CC)C(=O)CSc1nnc(N)s1. The lowest BCUT2D eigenvalue weighted by molar-refractivity contribution is -0.128. The number of unbranched alkanes of at least 4 members (excludes halogenated alkanes) is 1. The second-order valence-corrected chi connectivity index (χ2v) is 5.75. The number of nitrogens with zero attached hydrogens (tertiary/aromatic N) is 3. The Morgan fingerprint density at radius 2 is 2.24 bits per heavy atom. The van der Waals surface area contributed by atoms with Crippen LogP contribution in [0.15, 0.2) is 4.34 Å². The number of carbonyl (C=O) groups is 1. The van der Waals surface area contributed by atoms with Gasteiger partial charge in [0.15, 0.2) is 4.34 Å². The quantitative estimate of drug-likeness (QED) is 0.768. The van der Waals surface area contributed by atoms with E-state index in [0.717, 1.165) is 30.3 Å². The number of aromatic nitrogens is 2. The molecule has 1 amide bonds. The van der Waals surface area contributed by atoms with Crippen LogP contribution in [0.3, 0.4) is 0 Å². The molecular weight excluding hydrogens is 256 g/mol. The molecule has 0 aromatic carbocycles. The van der Waals surface area contributed by atoms with Crippen molar-refractivity contribution in [2.24, 2.45) is 0 Å². The van der Waals surface area contributed by atoms with Crippen molar-refractivity contribution in [1.29, 1.82) is 0 Å². The molecule has 1 rings (SSSR count). The van der Waals surface area contributed by atoms with Crippen molar-refractivity contribution in [2.75, 3.05) is 24.6 Å². The zero-order chi connectivity index (χ0) is 12.7. The van der Waals surface area contributed by atoms with Crippen LogP contribution in [0.1, 0.15) is 26.7 Å². The van der Waals surface area contributed by atoms with Crippen LogP contribution in [-0.4, -0.2) is 39.8 Å². The Hall–Kier alpha value is -0.820. The molecule has 1 aromatic heterocycles. The summed E-state index contributed by atoms with van der Waals surface area (Å²) in [5, 5.41) is 8.02. The lowest BCUT2D eigenvalue weighted by Gasteiger charge is -2.19. The third-order valence-corrected chi connectivity index (χ3v) is 4.13. The van der Waals surface area contributed by atoms with E-state index in [2.05, 4.69) is 17.1 Å². The van der Waals surface area contributed by atoms with Crippen LogP contribution in [0.25, 0.3) is 0 Å². The molecule has 5 nitrogen and oxygen atoms in total. The van der Waals surface area contributed by atoms with Gasteiger partial charge in [-0.25, -0.2) is 0 Å². The molecule has 0 aliphatic carbocycles. The van der Waals surface area contributed by atoms with Gasteiger partial charge in [0, 0.05) is 13.1 Å². The van der Waals surface area contributed by atoms with Gasteiger partial charge in [0.2, 0.25) is 11.0 Å². The molecule has 0 atom stereocenters. The van der Waals surface area contributed by atoms with Gasteiger partial charge in [-0.15, -0.1) is 10.2 Å². The van der Waals surface area contributed by atoms with E-state index in [1.807, 2.05) is 11.8 Å². The van der Waals surface area contributed by atoms with Crippen LogP contribution in [0.5, 0.6) is 0 Å². The minimum atomic E-state index is 0.153.